The maximum Gasteiger partial charge on any atom is 0.298 e. The summed E-state index contributed by atoms with van der Waals surface area (Å²) in [6, 6.07) is 20.6. The van der Waals surface area contributed by atoms with Crippen LogP contribution in [0.4, 0.5) is 11.4 Å². The number of benzene rings is 2. The number of nitrogens with one attached hydrogen (secondary N) is 1. The maximum absolute atomic E-state index is 13.3. The van der Waals surface area contributed by atoms with Crippen molar-refractivity contribution in [2.45, 2.75) is 0 Å². The summed E-state index contributed by atoms with van der Waals surface area (Å²) in [4.78, 5) is 32.2. The van der Waals surface area contributed by atoms with Crippen LogP contribution < -0.4 is 10.2 Å². The zero-order valence-corrected chi connectivity index (χ0v) is 16.0. The lowest BCUT2D eigenvalue weighted by Gasteiger charge is -2.28. The fourth-order valence-electron chi connectivity index (χ4n) is 3.25. The smallest absolute Gasteiger partial charge is 0.298 e. The summed E-state index contributed by atoms with van der Waals surface area (Å²) in [5.74, 6) is -0.0381. The number of aromatic nitrogens is 3. The lowest BCUT2D eigenvalue weighted by atomic mass is 10.2. The maximum atomic E-state index is 13.3. The number of hydrogen-bond acceptors (Lipinski definition) is 5. The summed E-state index contributed by atoms with van der Waals surface area (Å²) < 4.78 is 1.66. The van der Waals surface area contributed by atoms with Gasteiger partial charge in [-0.05, 0) is 35.7 Å². The van der Waals surface area contributed by atoms with Crippen LogP contribution in [0.3, 0.4) is 0 Å². The molecule has 2 aromatic heterocycles. The van der Waals surface area contributed by atoms with Gasteiger partial charge in [-0.2, -0.15) is 0 Å². The van der Waals surface area contributed by atoms with Gasteiger partial charge < -0.3 is 5.32 Å². The molecule has 3 heterocycles. The average Bonchev–Trinajstić information content (AvgIpc) is 3.43. The molecule has 0 fully saturated rings. The SMILES string of the molecule is O=C1CN(C(=O)c2nc(-c3cccs3)n(-c3ccccc3)n2)c2ccccc2N1. The van der Waals surface area contributed by atoms with Crippen LogP contribution in [-0.4, -0.2) is 33.1 Å². The lowest BCUT2D eigenvalue weighted by molar-refractivity contribution is -0.115. The van der Waals surface area contributed by atoms with Crippen molar-refractivity contribution in [3.05, 3.63) is 77.9 Å². The molecule has 7 nitrogen and oxygen atoms in total. The summed E-state index contributed by atoms with van der Waals surface area (Å²) in [5, 5.41) is 9.23. The first kappa shape index (κ1) is 17.3. The molecule has 5 rings (SSSR count). The van der Waals surface area contributed by atoms with E-state index >= 15 is 0 Å². The van der Waals surface area contributed by atoms with Gasteiger partial charge in [-0.1, -0.05) is 36.4 Å². The molecule has 0 aliphatic carbocycles. The standard InChI is InChI=1S/C21H15N5O2S/c27-18-13-25(16-10-5-4-9-15(16)22-18)21(28)19-23-20(17-11-6-12-29-17)26(24-19)14-7-2-1-3-8-14/h1-12H,13H2,(H,22,27). The van der Waals surface area contributed by atoms with Crippen LogP contribution in [0.15, 0.2) is 72.1 Å². The summed E-state index contributed by atoms with van der Waals surface area (Å²) in [5.41, 5.74) is 2.03. The Balaban J connectivity index is 1.60. The normalized spacial score (nSPS) is 13.1. The second-order valence-electron chi connectivity index (χ2n) is 6.44. The molecule has 2 amide bonds. The number of amides is 2. The first-order valence-corrected chi connectivity index (χ1v) is 9.86. The summed E-state index contributed by atoms with van der Waals surface area (Å²) in [6.45, 7) is -0.0793. The Morgan fingerprint density at radius 1 is 1.00 bits per heavy atom. The van der Waals surface area contributed by atoms with Crippen LogP contribution >= 0.6 is 11.3 Å². The predicted molar refractivity (Wildman–Crippen MR) is 111 cm³/mol. The molecule has 0 saturated heterocycles. The molecule has 1 aliphatic rings. The van der Waals surface area contributed by atoms with E-state index in [2.05, 4.69) is 15.4 Å². The van der Waals surface area contributed by atoms with Gasteiger partial charge in [0.1, 0.15) is 6.54 Å². The zero-order chi connectivity index (χ0) is 19.8. The molecule has 0 atom stereocenters. The molecular weight excluding hydrogens is 386 g/mol. The monoisotopic (exact) mass is 401 g/mol. The molecule has 0 spiro atoms. The number of carbonyl (C=O) groups is 2. The van der Waals surface area contributed by atoms with Crippen LogP contribution in [-0.2, 0) is 4.79 Å². The highest BCUT2D eigenvalue weighted by molar-refractivity contribution is 7.13. The van der Waals surface area contributed by atoms with E-state index < -0.39 is 5.91 Å². The van der Waals surface area contributed by atoms with E-state index in [4.69, 9.17) is 0 Å². The number of carbonyl (C=O) groups excluding carboxylic acids is 2. The van der Waals surface area contributed by atoms with Crippen molar-refractivity contribution in [1.82, 2.24) is 14.8 Å². The molecule has 4 aromatic rings. The van der Waals surface area contributed by atoms with Gasteiger partial charge in [0.2, 0.25) is 11.7 Å². The molecule has 2 aromatic carbocycles. The molecule has 8 heteroatoms. The van der Waals surface area contributed by atoms with E-state index in [-0.39, 0.29) is 18.3 Å². The number of thiophene rings is 1. The van der Waals surface area contributed by atoms with Crippen molar-refractivity contribution in [2.24, 2.45) is 0 Å². The lowest BCUT2D eigenvalue weighted by Crippen LogP contribution is -2.42. The Morgan fingerprint density at radius 3 is 2.59 bits per heavy atom. The highest BCUT2D eigenvalue weighted by Crippen LogP contribution is 2.31. The van der Waals surface area contributed by atoms with Gasteiger partial charge in [0.15, 0.2) is 5.82 Å². The highest BCUT2D eigenvalue weighted by Gasteiger charge is 2.30. The van der Waals surface area contributed by atoms with Crippen molar-refractivity contribution in [2.75, 3.05) is 16.8 Å². The quantitative estimate of drug-likeness (QED) is 0.569. The largest absolute Gasteiger partial charge is 0.323 e. The van der Waals surface area contributed by atoms with Gasteiger partial charge in [0.05, 0.1) is 21.9 Å². The summed E-state index contributed by atoms with van der Waals surface area (Å²) >= 11 is 1.52. The second kappa shape index (κ2) is 6.99. The van der Waals surface area contributed by atoms with Crippen LogP contribution in [0, 0.1) is 0 Å². The summed E-state index contributed by atoms with van der Waals surface area (Å²) in [6.07, 6.45) is 0. The number of para-hydroxylation sites is 3. The van der Waals surface area contributed by atoms with Gasteiger partial charge in [-0.3, -0.25) is 14.5 Å². The minimum atomic E-state index is -0.417. The van der Waals surface area contributed by atoms with Crippen LogP contribution in [0.25, 0.3) is 16.4 Å². The van der Waals surface area contributed by atoms with E-state index in [9.17, 15) is 9.59 Å². The third-order valence-electron chi connectivity index (χ3n) is 4.56. The Morgan fingerprint density at radius 2 is 1.79 bits per heavy atom. The number of hydrogen-bond donors (Lipinski definition) is 1. The van der Waals surface area contributed by atoms with E-state index in [1.807, 2.05) is 60.0 Å². The number of fused-ring (bicyclic) bond motifs is 1. The first-order valence-electron chi connectivity index (χ1n) is 8.98. The van der Waals surface area contributed by atoms with Gasteiger partial charge in [0.25, 0.3) is 5.91 Å². The Bertz CT molecular complexity index is 1200. The molecule has 1 N–H and O–H groups in total. The Labute approximate surface area is 170 Å². The Hall–Kier alpha value is -3.78. The molecule has 142 valence electrons. The molecule has 0 unspecified atom stereocenters. The van der Waals surface area contributed by atoms with E-state index in [1.54, 1.807) is 16.8 Å². The van der Waals surface area contributed by atoms with Crippen molar-refractivity contribution in [3.63, 3.8) is 0 Å². The summed E-state index contributed by atoms with van der Waals surface area (Å²) in [7, 11) is 0. The Kier molecular flexibility index (Phi) is 4.18. The average molecular weight is 401 g/mol. The van der Waals surface area contributed by atoms with E-state index in [1.165, 1.54) is 16.2 Å². The topological polar surface area (TPSA) is 80.1 Å². The molecule has 0 radical (unpaired) electrons. The fraction of sp³-hybridized carbons (Fsp3) is 0.0476. The zero-order valence-electron chi connectivity index (χ0n) is 15.1. The third-order valence-corrected chi connectivity index (χ3v) is 5.42. The number of rotatable bonds is 3. The van der Waals surface area contributed by atoms with Gasteiger partial charge >= 0.3 is 0 Å². The van der Waals surface area contributed by atoms with Crippen molar-refractivity contribution in [3.8, 4) is 16.4 Å². The second-order valence-corrected chi connectivity index (χ2v) is 7.39. The third kappa shape index (κ3) is 3.09. The van der Waals surface area contributed by atoms with Gasteiger partial charge in [-0.15, -0.1) is 16.4 Å². The van der Waals surface area contributed by atoms with Crippen molar-refractivity contribution >= 4 is 34.5 Å². The first-order chi connectivity index (χ1) is 14.2. The molecular formula is C21H15N5O2S. The number of anilines is 2. The highest BCUT2D eigenvalue weighted by atomic mass is 32.1. The van der Waals surface area contributed by atoms with Crippen LogP contribution in [0.1, 0.15) is 10.6 Å². The van der Waals surface area contributed by atoms with Gasteiger partial charge in [0, 0.05) is 0 Å². The molecule has 0 saturated carbocycles. The van der Waals surface area contributed by atoms with E-state index in [0.29, 0.717) is 17.2 Å². The fourth-order valence-corrected chi connectivity index (χ4v) is 3.95. The minimum Gasteiger partial charge on any atom is -0.323 e. The predicted octanol–water partition coefficient (Wildman–Crippen LogP) is 3.59. The molecule has 29 heavy (non-hydrogen) atoms. The minimum absolute atomic E-state index is 0.0433. The van der Waals surface area contributed by atoms with Crippen LogP contribution in [0.2, 0.25) is 0 Å². The van der Waals surface area contributed by atoms with E-state index in [0.717, 1.165) is 10.6 Å². The van der Waals surface area contributed by atoms with Crippen molar-refractivity contribution < 1.29 is 9.59 Å². The van der Waals surface area contributed by atoms with Gasteiger partial charge in [-0.25, -0.2) is 9.67 Å². The molecule has 0 bridgehead atoms. The molecule has 1 aliphatic heterocycles. The van der Waals surface area contributed by atoms with Crippen molar-refractivity contribution in [1.29, 1.82) is 0 Å². The number of nitrogens with zero attached hydrogens (tertiary/aromatic N) is 4. The van der Waals surface area contributed by atoms with Crippen LogP contribution in [0.5, 0.6) is 0 Å².